The standard InChI is InChI=1S/C12H9FN2O4/c1-18-8-4-14-7-3-2-6(13)9(10(7)15-8)12(5-19-12)11(16)17/h2-4H,5H2,1H3,(H,16,17). The third kappa shape index (κ3) is 1.62. The van der Waals surface area contributed by atoms with Crippen LogP contribution < -0.4 is 4.74 Å². The highest BCUT2D eigenvalue weighted by Gasteiger charge is 2.57. The zero-order valence-corrected chi connectivity index (χ0v) is 9.88. The molecule has 1 atom stereocenters. The van der Waals surface area contributed by atoms with Gasteiger partial charge in [0.05, 0.1) is 31.0 Å². The van der Waals surface area contributed by atoms with Gasteiger partial charge >= 0.3 is 5.97 Å². The summed E-state index contributed by atoms with van der Waals surface area (Å²) in [4.78, 5) is 19.4. The molecule has 2 heterocycles. The molecule has 1 fully saturated rings. The molecule has 1 aromatic heterocycles. The van der Waals surface area contributed by atoms with Gasteiger partial charge in [-0.25, -0.2) is 19.2 Å². The minimum Gasteiger partial charge on any atom is -0.480 e. The van der Waals surface area contributed by atoms with Crippen molar-refractivity contribution >= 4 is 17.0 Å². The van der Waals surface area contributed by atoms with E-state index >= 15 is 0 Å². The first-order chi connectivity index (χ1) is 9.08. The highest BCUT2D eigenvalue weighted by Crippen LogP contribution is 2.43. The molecule has 1 aliphatic rings. The number of fused-ring (bicyclic) bond motifs is 1. The summed E-state index contributed by atoms with van der Waals surface area (Å²) >= 11 is 0. The van der Waals surface area contributed by atoms with E-state index in [9.17, 15) is 14.3 Å². The molecule has 0 amide bonds. The molecule has 6 nitrogen and oxygen atoms in total. The van der Waals surface area contributed by atoms with Gasteiger partial charge in [-0.3, -0.25) is 0 Å². The number of rotatable bonds is 3. The minimum atomic E-state index is -1.66. The first-order valence-corrected chi connectivity index (χ1v) is 5.45. The molecule has 3 rings (SSSR count). The average molecular weight is 264 g/mol. The fraction of sp³-hybridized carbons (Fsp3) is 0.250. The van der Waals surface area contributed by atoms with Crippen molar-refractivity contribution in [2.45, 2.75) is 5.60 Å². The van der Waals surface area contributed by atoms with E-state index in [-0.39, 0.29) is 23.6 Å². The van der Waals surface area contributed by atoms with Gasteiger partial charge in [-0.15, -0.1) is 0 Å². The van der Waals surface area contributed by atoms with Crippen LogP contribution in [0.15, 0.2) is 18.3 Å². The molecule has 1 unspecified atom stereocenters. The van der Waals surface area contributed by atoms with Gasteiger partial charge in [0.2, 0.25) is 11.5 Å². The van der Waals surface area contributed by atoms with Crippen LogP contribution in [0.3, 0.4) is 0 Å². The molecule has 2 aromatic rings. The number of ether oxygens (including phenoxy) is 2. The summed E-state index contributed by atoms with van der Waals surface area (Å²) in [6.45, 7) is -0.0861. The number of aromatic nitrogens is 2. The number of benzene rings is 1. The number of carboxylic acids is 1. The molecule has 98 valence electrons. The molecular formula is C12H9FN2O4. The maximum atomic E-state index is 14.0. The lowest BCUT2D eigenvalue weighted by atomic mass is 9.97. The van der Waals surface area contributed by atoms with Gasteiger partial charge in [0.25, 0.3) is 0 Å². The zero-order chi connectivity index (χ0) is 13.6. The van der Waals surface area contributed by atoms with Crippen LogP contribution in [0.4, 0.5) is 4.39 Å². The van der Waals surface area contributed by atoms with Gasteiger partial charge in [-0.05, 0) is 12.1 Å². The van der Waals surface area contributed by atoms with E-state index in [2.05, 4.69) is 9.97 Å². The highest BCUT2D eigenvalue weighted by atomic mass is 19.1. The van der Waals surface area contributed by atoms with E-state index < -0.39 is 17.4 Å². The Kier molecular flexibility index (Phi) is 2.39. The van der Waals surface area contributed by atoms with Gasteiger partial charge in [0.1, 0.15) is 11.3 Å². The normalized spacial score (nSPS) is 21.4. The van der Waals surface area contributed by atoms with E-state index in [0.29, 0.717) is 5.52 Å². The number of nitrogens with zero attached hydrogens (tertiary/aromatic N) is 2. The monoisotopic (exact) mass is 264 g/mol. The summed E-state index contributed by atoms with van der Waals surface area (Å²) in [7, 11) is 1.40. The lowest BCUT2D eigenvalue weighted by Gasteiger charge is -2.11. The van der Waals surface area contributed by atoms with E-state index in [4.69, 9.17) is 9.47 Å². The Morgan fingerprint density at radius 1 is 1.58 bits per heavy atom. The second-order valence-electron chi connectivity index (χ2n) is 4.12. The molecular weight excluding hydrogens is 255 g/mol. The lowest BCUT2D eigenvalue weighted by molar-refractivity contribution is -0.143. The van der Waals surface area contributed by atoms with Crippen molar-refractivity contribution in [1.29, 1.82) is 0 Å². The van der Waals surface area contributed by atoms with Crippen molar-refractivity contribution in [2.75, 3.05) is 13.7 Å². The van der Waals surface area contributed by atoms with Crippen LogP contribution in [0.1, 0.15) is 5.56 Å². The third-order valence-electron chi connectivity index (χ3n) is 3.03. The van der Waals surface area contributed by atoms with Gasteiger partial charge in [-0.1, -0.05) is 0 Å². The summed E-state index contributed by atoms with van der Waals surface area (Å²) in [5.74, 6) is -1.75. The van der Waals surface area contributed by atoms with Crippen molar-refractivity contribution < 1.29 is 23.8 Å². The maximum Gasteiger partial charge on any atom is 0.343 e. The average Bonchev–Trinajstić information content (AvgIpc) is 3.19. The number of halogens is 1. The molecule has 0 spiro atoms. The summed E-state index contributed by atoms with van der Waals surface area (Å²) in [6, 6.07) is 2.59. The van der Waals surface area contributed by atoms with Crippen molar-refractivity contribution in [3.8, 4) is 5.88 Å². The second kappa shape index (κ2) is 3.86. The SMILES string of the molecule is COc1cnc2ccc(F)c(C3(C(=O)O)CO3)c2n1. The van der Waals surface area contributed by atoms with Crippen LogP contribution in [0, 0.1) is 5.82 Å². The Hall–Kier alpha value is -2.28. The van der Waals surface area contributed by atoms with E-state index in [1.165, 1.54) is 19.4 Å². The second-order valence-corrected chi connectivity index (χ2v) is 4.12. The van der Waals surface area contributed by atoms with Crippen molar-refractivity contribution in [2.24, 2.45) is 0 Å². The summed E-state index contributed by atoms with van der Waals surface area (Å²) in [5.41, 5.74) is -1.25. The van der Waals surface area contributed by atoms with E-state index in [0.717, 1.165) is 6.07 Å². The molecule has 1 saturated heterocycles. The Morgan fingerprint density at radius 3 is 2.89 bits per heavy atom. The minimum absolute atomic E-state index is 0.0861. The number of epoxide rings is 1. The largest absolute Gasteiger partial charge is 0.480 e. The number of methoxy groups -OCH3 is 1. The van der Waals surface area contributed by atoms with Crippen LogP contribution in [0.25, 0.3) is 11.0 Å². The smallest absolute Gasteiger partial charge is 0.343 e. The molecule has 0 saturated carbocycles. The first kappa shape index (κ1) is 11.8. The summed E-state index contributed by atoms with van der Waals surface area (Å²) in [5, 5.41) is 9.20. The predicted molar refractivity (Wildman–Crippen MR) is 61.3 cm³/mol. The maximum absolute atomic E-state index is 14.0. The van der Waals surface area contributed by atoms with Gasteiger partial charge < -0.3 is 14.6 Å². The van der Waals surface area contributed by atoms with E-state index in [1.807, 2.05) is 0 Å². The quantitative estimate of drug-likeness (QED) is 0.835. The molecule has 1 aliphatic heterocycles. The predicted octanol–water partition coefficient (Wildman–Crippen LogP) is 1.09. The van der Waals surface area contributed by atoms with E-state index in [1.54, 1.807) is 0 Å². The van der Waals surface area contributed by atoms with Crippen molar-refractivity contribution in [1.82, 2.24) is 9.97 Å². The number of aliphatic carboxylic acids is 1. The molecule has 1 aromatic carbocycles. The molecule has 19 heavy (non-hydrogen) atoms. The molecule has 0 radical (unpaired) electrons. The van der Waals surface area contributed by atoms with Crippen LogP contribution >= 0.6 is 0 Å². The highest BCUT2D eigenvalue weighted by molar-refractivity contribution is 5.90. The number of carbonyl (C=O) groups is 1. The Bertz CT molecular complexity index is 685. The Balaban J connectivity index is 2.33. The van der Waals surface area contributed by atoms with Gasteiger partial charge in [0, 0.05) is 0 Å². The van der Waals surface area contributed by atoms with Gasteiger partial charge in [-0.2, -0.15) is 0 Å². The van der Waals surface area contributed by atoms with Crippen LogP contribution in [0.5, 0.6) is 5.88 Å². The fourth-order valence-corrected chi connectivity index (χ4v) is 1.97. The molecule has 0 bridgehead atoms. The molecule has 0 aliphatic carbocycles. The third-order valence-corrected chi connectivity index (χ3v) is 3.03. The summed E-state index contributed by atoms with van der Waals surface area (Å²) < 4.78 is 23.9. The van der Waals surface area contributed by atoms with Crippen LogP contribution in [-0.2, 0) is 15.1 Å². The Labute approximate surface area is 106 Å². The van der Waals surface area contributed by atoms with Crippen molar-refractivity contribution in [3.05, 3.63) is 29.7 Å². The fourth-order valence-electron chi connectivity index (χ4n) is 1.97. The zero-order valence-electron chi connectivity index (χ0n) is 9.88. The van der Waals surface area contributed by atoms with Crippen molar-refractivity contribution in [3.63, 3.8) is 0 Å². The van der Waals surface area contributed by atoms with Crippen LogP contribution in [0.2, 0.25) is 0 Å². The lowest BCUT2D eigenvalue weighted by Crippen LogP contribution is -2.23. The van der Waals surface area contributed by atoms with Crippen LogP contribution in [-0.4, -0.2) is 34.8 Å². The molecule has 7 heteroatoms. The number of carboxylic acid groups (broad SMARTS) is 1. The summed E-state index contributed by atoms with van der Waals surface area (Å²) in [6.07, 6.45) is 1.38. The topological polar surface area (TPSA) is 84.8 Å². The number of hydrogen-bond donors (Lipinski definition) is 1. The molecule has 1 N–H and O–H groups in total. The first-order valence-electron chi connectivity index (χ1n) is 5.45. The van der Waals surface area contributed by atoms with Gasteiger partial charge in [0.15, 0.2) is 0 Å². The Morgan fingerprint density at radius 2 is 2.32 bits per heavy atom. The number of hydrogen-bond acceptors (Lipinski definition) is 5.